The van der Waals surface area contributed by atoms with Crippen molar-refractivity contribution >= 4 is 40.8 Å². The van der Waals surface area contributed by atoms with E-state index in [-0.39, 0.29) is 11.5 Å². The van der Waals surface area contributed by atoms with Crippen LogP contribution in [0.3, 0.4) is 0 Å². The van der Waals surface area contributed by atoms with Crippen LogP contribution in [0.1, 0.15) is 30.2 Å². The van der Waals surface area contributed by atoms with Gasteiger partial charge in [-0.25, -0.2) is 15.0 Å². The third kappa shape index (κ3) is 3.23. The van der Waals surface area contributed by atoms with Gasteiger partial charge in [0.15, 0.2) is 5.65 Å². The summed E-state index contributed by atoms with van der Waals surface area (Å²) >= 11 is 7.72. The summed E-state index contributed by atoms with van der Waals surface area (Å²) in [7, 11) is 0. The Kier molecular flexibility index (Phi) is 5.17. The monoisotopic (exact) mass is 511 g/mol. The molecule has 0 amide bonds. The molecule has 1 atom stereocenters. The molecule has 0 saturated carbocycles. The van der Waals surface area contributed by atoms with Gasteiger partial charge in [-0.1, -0.05) is 29.4 Å². The summed E-state index contributed by atoms with van der Waals surface area (Å²) in [6.07, 6.45) is 8.07. The first-order chi connectivity index (χ1) is 16.8. The lowest BCUT2D eigenvalue weighted by Crippen LogP contribution is -2.52. The molecule has 10 nitrogen and oxygen atoms in total. The second-order valence-electron chi connectivity index (χ2n) is 8.81. The van der Waals surface area contributed by atoms with Crippen LogP contribution in [0.15, 0.2) is 59.0 Å². The molecule has 1 unspecified atom stereocenters. The number of rotatable bonds is 3. The van der Waals surface area contributed by atoms with Crippen LogP contribution < -0.4 is 10.6 Å². The molecule has 1 fully saturated rings. The van der Waals surface area contributed by atoms with Crippen LogP contribution in [-0.2, 0) is 5.79 Å². The third-order valence-corrected chi connectivity index (χ3v) is 8.67. The Balaban J connectivity index is 1.29. The molecule has 35 heavy (non-hydrogen) atoms. The van der Waals surface area contributed by atoms with Gasteiger partial charge in [0.1, 0.15) is 11.5 Å². The van der Waals surface area contributed by atoms with E-state index in [1.165, 1.54) is 18.0 Å². The van der Waals surface area contributed by atoms with E-state index < -0.39 is 17.3 Å². The van der Waals surface area contributed by atoms with Crippen molar-refractivity contribution < 1.29 is 15.3 Å². The third-order valence-electron chi connectivity index (χ3n) is 7.09. The van der Waals surface area contributed by atoms with Crippen molar-refractivity contribution in [3.8, 4) is 0 Å². The SMILES string of the molecule is Nc1nccc(Sc2cnc(N3CCC4(CC3)C(O)c3cccnc3C4(O)O)n3ccnc23)c1Cl. The number of aliphatic hydroxyl groups excluding tert-OH is 1. The van der Waals surface area contributed by atoms with Gasteiger partial charge < -0.3 is 26.0 Å². The first-order valence-electron chi connectivity index (χ1n) is 11.1. The lowest BCUT2D eigenvalue weighted by Gasteiger charge is -2.46. The van der Waals surface area contributed by atoms with Crippen LogP contribution in [0.2, 0.25) is 5.02 Å². The Hall–Kier alpha value is -2.96. The molecule has 1 aliphatic heterocycles. The second kappa shape index (κ2) is 8.04. The van der Waals surface area contributed by atoms with E-state index in [9.17, 15) is 15.3 Å². The van der Waals surface area contributed by atoms with Crippen LogP contribution in [0.5, 0.6) is 0 Å². The summed E-state index contributed by atoms with van der Waals surface area (Å²) in [5.41, 5.74) is 6.01. The molecular weight excluding hydrogens is 490 g/mol. The van der Waals surface area contributed by atoms with Gasteiger partial charge in [0.2, 0.25) is 11.7 Å². The number of pyridine rings is 2. The van der Waals surface area contributed by atoms with Gasteiger partial charge in [-0.2, -0.15) is 0 Å². The van der Waals surface area contributed by atoms with E-state index in [1.54, 1.807) is 36.8 Å². The molecule has 1 saturated heterocycles. The predicted octanol–water partition coefficient (Wildman–Crippen LogP) is 2.38. The fraction of sp³-hybridized carbons (Fsp3) is 0.304. The van der Waals surface area contributed by atoms with E-state index in [0.717, 1.165) is 9.79 Å². The van der Waals surface area contributed by atoms with E-state index in [1.807, 2.05) is 10.6 Å². The largest absolute Gasteiger partial charge is 0.388 e. The maximum atomic E-state index is 11.1. The minimum atomic E-state index is -2.21. The standard InChI is InChI=1S/C23H22ClN7O3S/c24-16-14(3-7-27-19(16)25)35-15-12-29-21(31-11-8-28-20(15)31)30-9-4-22(5-10-30)18(32)13-2-1-6-26-17(13)23(22,33)34/h1-3,6-8,11-12,18,32-34H,4-5,9-10H2,(H2,25,27). The number of nitrogens with zero attached hydrogens (tertiary/aromatic N) is 6. The highest BCUT2D eigenvalue weighted by Crippen LogP contribution is 2.59. The summed E-state index contributed by atoms with van der Waals surface area (Å²) in [5.74, 6) is -1.27. The number of halogens is 1. The summed E-state index contributed by atoms with van der Waals surface area (Å²) in [4.78, 5) is 21.0. The molecule has 2 aliphatic rings. The summed E-state index contributed by atoms with van der Waals surface area (Å²) in [5, 5.41) is 33.6. The Morgan fingerprint density at radius 2 is 1.83 bits per heavy atom. The maximum Gasteiger partial charge on any atom is 0.216 e. The highest BCUT2D eigenvalue weighted by atomic mass is 35.5. The van der Waals surface area contributed by atoms with Gasteiger partial charge in [-0.05, 0) is 25.0 Å². The van der Waals surface area contributed by atoms with Crippen LogP contribution in [0, 0.1) is 5.41 Å². The van der Waals surface area contributed by atoms with Gasteiger partial charge >= 0.3 is 0 Å². The van der Waals surface area contributed by atoms with Gasteiger partial charge in [-0.3, -0.25) is 9.38 Å². The molecule has 5 heterocycles. The van der Waals surface area contributed by atoms with Crippen molar-refractivity contribution in [2.45, 2.75) is 34.5 Å². The molecule has 12 heteroatoms. The fourth-order valence-electron chi connectivity index (χ4n) is 5.21. The van der Waals surface area contributed by atoms with Crippen molar-refractivity contribution in [1.29, 1.82) is 0 Å². The summed E-state index contributed by atoms with van der Waals surface area (Å²) < 4.78 is 1.89. The molecule has 4 aromatic rings. The average Bonchev–Trinajstić information content (AvgIpc) is 3.42. The van der Waals surface area contributed by atoms with Gasteiger partial charge in [0, 0.05) is 54.5 Å². The Bertz CT molecular complexity index is 1440. The molecular formula is C23H22ClN7O3S. The normalized spacial score (nSPS) is 20.5. The minimum absolute atomic E-state index is 0.132. The molecule has 0 aromatic carbocycles. The molecule has 1 spiro atoms. The lowest BCUT2D eigenvalue weighted by atomic mass is 9.70. The number of nitrogens with two attached hydrogens (primary N) is 1. The van der Waals surface area contributed by atoms with Crippen LogP contribution in [0.4, 0.5) is 11.8 Å². The molecule has 4 aromatic heterocycles. The zero-order chi connectivity index (χ0) is 24.4. The fourth-order valence-corrected chi connectivity index (χ4v) is 6.34. The summed E-state index contributed by atoms with van der Waals surface area (Å²) in [6, 6.07) is 5.18. The van der Waals surface area contributed by atoms with Crippen molar-refractivity contribution in [1.82, 2.24) is 24.3 Å². The number of nitrogen functional groups attached to an aromatic ring is 1. The first-order valence-corrected chi connectivity index (χ1v) is 12.3. The number of aromatic nitrogens is 5. The van der Waals surface area contributed by atoms with Crippen molar-refractivity contribution in [2.24, 2.45) is 5.41 Å². The topological polar surface area (TPSA) is 146 Å². The molecule has 1 aliphatic carbocycles. The number of hydrogen-bond donors (Lipinski definition) is 4. The lowest BCUT2D eigenvalue weighted by molar-refractivity contribution is -0.276. The van der Waals surface area contributed by atoms with Crippen LogP contribution in [0.25, 0.3) is 5.65 Å². The van der Waals surface area contributed by atoms with E-state index in [0.29, 0.717) is 48.1 Å². The quantitative estimate of drug-likeness (QED) is 0.302. The first kappa shape index (κ1) is 22.5. The van der Waals surface area contributed by atoms with Gasteiger partial charge in [0.05, 0.1) is 21.4 Å². The predicted molar refractivity (Wildman–Crippen MR) is 130 cm³/mol. The highest BCUT2D eigenvalue weighted by molar-refractivity contribution is 7.99. The number of fused-ring (bicyclic) bond motifs is 2. The molecule has 0 bridgehead atoms. The number of imidazole rings is 1. The number of hydrogen-bond acceptors (Lipinski definition) is 10. The van der Waals surface area contributed by atoms with Gasteiger partial charge in [0.25, 0.3) is 0 Å². The van der Waals surface area contributed by atoms with Crippen LogP contribution >= 0.6 is 23.4 Å². The number of aliphatic hydroxyl groups is 3. The maximum absolute atomic E-state index is 11.1. The van der Waals surface area contributed by atoms with E-state index in [2.05, 4.69) is 19.9 Å². The zero-order valence-corrected chi connectivity index (χ0v) is 20.0. The van der Waals surface area contributed by atoms with Gasteiger partial charge in [-0.15, -0.1) is 0 Å². The average molecular weight is 512 g/mol. The van der Waals surface area contributed by atoms with Crippen molar-refractivity contribution in [2.75, 3.05) is 23.7 Å². The molecule has 5 N–H and O–H groups in total. The smallest absolute Gasteiger partial charge is 0.216 e. The molecule has 0 radical (unpaired) electrons. The minimum Gasteiger partial charge on any atom is -0.388 e. The highest BCUT2D eigenvalue weighted by Gasteiger charge is 2.63. The van der Waals surface area contributed by atoms with Crippen molar-refractivity contribution in [3.63, 3.8) is 0 Å². The van der Waals surface area contributed by atoms with E-state index in [4.69, 9.17) is 22.3 Å². The Morgan fingerprint density at radius 1 is 1.03 bits per heavy atom. The molecule has 180 valence electrons. The van der Waals surface area contributed by atoms with E-state index >= 15 is 0 Å². The number of piperidine rings is 1. The Morgan fingerprint density at radius 3 is 2.60 bits per heavy atom. The van der Waals surface area contributed by atoms with Crippen molar-refractivity contribution in [3.05, 3.63) is 65.5 Å². The summed E-state index contributed by atoms with van der Waals surface area (Å²) in [6.45, 7) is 0.931. The second-order valence-corrected chi connectivity index (χ2v) is 10.3. The zero-order valence-electron chi connectivity index (χ0n) is 18.4. The number of anilines is 2. The Labute approximate surface area is 209 Å². The molecule has 6 rings (SSSR count). The van der Waals surface area contributed by atoms with Crippen LogP contribution in [-0.4, -0.2) is 52.7 Å².